The van der Waals surface area contributed by atoms with Gasteiger partial charge in [-0.3, -0.25) is 9.59 Å². The second-order valence-electron chi connectivity index (χ2n) is 13.9. The summed E-state index contributed by atoms with van der Waals surface area (Å²) in [7, 11) is 5.36. The van der Waals surface area contributed by atoms with Crippen LogP contribution in [0.5, 0.6) is 0 Å². The number of carbonyl (C=O) groups excluding carboxylic acids is 3. The normalized spacial score (nSPS) is 14.1. The molecule has 0 fully saturated rings. The molecular formula is C45H71NO7. The fourth-order valence-electron chi connectivity index (χ4n) is 5.00. The zero-order valence-electron chi connectivity index (χ0n) is 33.6. The number of hydrogen-bond acceptors (Lipinski definition) is 7. The Morgan fingerprint density at radius 2 is 1.15 bits per heavy atom. The maximum atomic E-state index is 12.7. The van der Waals surface area contributed by atoms with Crippen molar-refractivity contribution in [3.8, 4) is 0 Å². The second-order valence-corrected chi connectivity index (χ2v) is 13.9. The molecule has 0 aliphatic rings. The van der Waals surface area contributed by atoms with Gasteiger partial charge in [0.25, 0.3) is 0 Å². The van der Waals surface area contributed by atoms with Crippen molar-refractivity contribution >= 4 is 17.9 Å². The average Bonchev–Trinajstić information content (AvgIpc) is 3.11. The molecule has 2 unspecified atom stereocenters. The number of likely N-dealkylation sites (N-methyl/N-ethyl adjacent to an activating group) is 1. The Morgan fingerprint density at radius 1 is 0.604 bits per heavy atom. The molecule has 0 bridgehead atoms. The molecule has 0 heterocycles. The number of carboxylic acid groups (broad SMARTS) is 1. The summed E-state index contributed by atoms with van der Waals surface area (Å²) >= 11 is 0. The third kappa shape index (κ3) is 33.8. The number of quaternary nitrogens is 1. The molecule has 0 rings (SSSR count). The number of allylic oxidation sites excluding steroid dienone is 16. The van der Waals surface area contributed by atoms with Crippen LogP contribution in [0.2, 0.25) is 0 Å². The lowest BCUT2D eigenvalue weighted by molar-refractivity contribution is -0.889. The molecule has 0 spiro atoms. The van der Waals surface area contributed by atoms with Gasteiger partial charge in [0.2, 0.25) is 0 Å². The fourth-order valence-corrected chi connectivity index (χ4v) is 5.00. The van der Waals surface area contributed by atoms with Crippen LogP contribution in [-0.2, 0) is 28.6 Å². The van der Waals surface area contributed by atoms with Gasteiger partial charge in [0, 0.05) is 19.3 Å². The third-order valence-electron chi connectivity index (χ3n) is 8.06. The van der Waals surface area contributed by atoms with Crippen molar-refractivity contribution in [2.75, 3.05) is 41.0 Å². The van der Waals surface area contributed by atoms with Gasteiger partial charge in [-0.15, -0.1) is 0 Å². The number of unbranched alkanes of at least 4 members (excludes halogenated alkanes) is 7. The number of ether oxygens (including phenoxy) is 3. The van der Waals surface area contributed by atoms with E-state index in [1.807, 2.05) is 36.5 Å². The smallest absolute Gasteiger partial charge is 0.306 e. The van der Waals surface area contributed by atoms with Crippen LogP contribution < -0.4 is 5.11 Å². The van der Waals surface area contributed by atoms with Gasteiger partial charge < -0.3 is 28.6 Å². The van der Waals surface area contributed by atoms with Gasteiger partial charge in [0.15, 0.2) is 6.10 Å². The van der Waals surface area contributed by atoms with Crippen molar-refractivity contribution in [3.05, 3.63) is 97.2 Å². The molecule has 8 heteroatoms. The highest BCUT2D eigenvalue weighted by atomic mass is 16.6. The monoisotopic (exact) mass is 738 g/mol. The SMILES string of the molecule is CC/C=C/C/C=C/C/C=C/CCCC(=O)OCC(COCCC(C(=O)[O-])[N+](C)(C)C)OC(=O)CCCCCCC/C=C/C=C/C=C/C=C/C=C/CCC. The van der Waals surface area contributed by atoms with E-state index < -0.39 is 18.1 Å². The van der Waals surface area contributed by atoms with Gasteiger partial charge in [-0.25, -0.2) is 0 Å². The van der Waals surface area contributed by atoms with E-state index >= 15 is 0 Å². The predicted molar refractivity (Wildman–Crippen MR) is 217 cm³/mol. The molecule has 0 saturated heterocycles. The van der Waals surface area contributed by atoms with Crippen LogP contribution in [0.4, 0.5) is 0 Å². The van der Waals surface area contributed by atoms with Crippen molar-refractivity contribution in [2.24, 2.45) is 0 Å². The number of nitrogens with zero attached hydrogens (tertiary/aromatic N) is 1. The molecule has 0 aromatic carbocycles. The minimum atomic E-state index is -1.14. The summed E-state index contributed by atoms with van der Waals surface area (Å²) in [4.78, 5) is 36.7. The zero-order chi connectivity index (χ0) is 39.3. The van der Waals surface area contributed by atoms with E-state index in [1.54, 1.807) is 21.1 Å². The first-order valence-electron chi connectivity index (χ1n) is 19.8. The molecule has 0 N–H and O–H groups in total. The van der Waals surface area contributed by atoms with Crippen LogP contribution >= 0.6 is 0 Å². The molecule has 0 radical (unpaired) electrons. The molecule has 0 amide bonds. The molecule has 0 aliphatic carbocycles. The van der Waals surface area contributed by atoms with Crippen LogP contribution in [0.25, 0.3) is 0 Å². The van der Waals surface area contributed by atoms with Crippen molar-refractivity contribution < 1.29 is 38.2 Å². The Hall–Kier alpha value is -3.75. The first-order chi connectivity index (χ1) is 25.6. The van der Waals surface area contributed by atoms with E-state index in [-0.39, 0.29) is 55.5 Å². The third-order valence-corrected chi connectivity index (χ3v) is 8.06. The molecule has 0 aliphatic heterocycles. The lowest BCUT2D eigenvalue weighted by Gasteiger charge is -2.34. The quantitative estimate of drug-likeness (QED) is 0.0218. The lowest BCUT2D eigenvalue weighted by atomic mass is 10.1. The fraction of sp³-hybridized carbons (Fsp3) is 0.578. The first-order valence-corrected chi connectivity index (χ1v) is 19.8. The highest BCUT2D eigenvalue weighted by molar-refractivity contribution is 5.70. The van der Waals surface area contributed by atoms with E-state index in [2.05, 4.69) is 74.6 Å². The molecule has 53 heavy (non-hydrogen) atoms. The van der Waals surface area contributed by atoms with Gasteiger partial charge in [0.05, 0.1) is 40.3 Å². The minimum absolute atomic E-state index is 0.00713. The average molecular weight is 738 g/mol. The van der Waals surface area contributed by atoms with Crippen LogP contribution in [-0.4, -0.2) is 75.5 Å². The highest BCUT2D eigenvalue weighted by Crippen LogP contribution is 2.11. The topological polar surface area (TPSA) is 102 Å². The Balaban J connectivity index is 4.54. The first kappa shape index (κ1) is 49.2. The van der Waals surface area contributed by atoms with Crippen molar-refractivity contribution in [1.29, 1.82) is 0 Å². The summed E-state index contributed by atoms with van der Waals surface area (Å²) in [6.45, 7) is 4.33. The van der Waals surface area contributed by atoms with Crippen LogP contribution in [0, 0.1) is 0 Å². The summed E-state index contributed by atoms with van der Waals surface area (Å²) in [6, 6.07) is -0.743. The molecule has 8 nitrogen and oxygen atoms in total. The van der Waals surface area contributed by atoms with Gasteiger partial charge >= 0.3 is 11.9 Å². The Kier molecular flexibility index (Phi) is 32.8. The van der Waals surface area contributed by atoms with Crippen molar-refractivity contribution in [2.45, 2.75) is 129 Å². The second kappa shape index (κ2) is 35.3. The van der Waals surface area contributed by atoms with Gasteiger partial charge in [0.1, 0.15) is 12.6 Å². The van der Waals surface area contributed by atoms with Crippen molar-refractivity contribution in [1.82, 2.24) is 0 Å². The van der Waals surface area contributed by atoms with Gasteiger partial charge in [-0.1, -0.05) is 137 Å². The zero-order valence-corrected chi connectivity index (χ0v) is 33.6. The van der Waals surface area contributed by atoms with Crippen LogP contribution in [0.3, 0.4) is 0 Å². The lowest BCUT2D eigenvalue weighted by Crippen LogP contribution is -2.55. The Labute approximate surface area is 322 Å². The standard InChI is InChI=1S/C45H71NO7/c1-6-8-10-12-14-16-18-19-20-21-22-23-24-26-28-30-32-34-36-44(48)53-41(39-51-38-37-42(45(49)50)46(3,4)5)40-52-43(47)35-33-31-29-27-25-17-15-13-11-9-7-2/h9-12,14-23,27,29,41-42H,6-8,13,24-26,28,30-40H2,1-5H3/b11-9+,12-10+,16-14+,17-15+,19-18+,21-20+,23-22+,29-27+. The molecule has 0 saturated carbocycles. The van der Waals surface area contributed by atoms with Crippen molar-refractivity contribution in [3.63, 3.8) is 0 Å². The summed E-state index contributed by atoms with van der Waals surface area (Å²) in [5.41, 5.74) is 0. The van der Waals surface area contributed by atoms with E-state index in [4.69, 9.17) is 14.2 Å². The number of carboxylic acids is 1. The number of hydrogen-bond donors (Lipinski definition) is 0. The number of rotatable bonds is 33. The number of esters is 2. The maximum Gasteiger partial charge on any atom is 0.306 e. The van der Waals surface area contributed by atoms with Crippen LogP contribution in [0.15, 0.2) is 97.2 Å². The minimum Gasteiger partial charge on any atom is -0.544 e. The molecular weight excluding hydrogens is 666 g/mol. The molecule has 0 aromatic heterocycles. The maximum absolute atomic E-state index is 12.7. The largest absolute Gasteiger partial charge is 0.544 e. The van der Waals surface area contributed by atoms with E-state index in [9.17, 15) is 19.5 Å². The van der Waals surface area contributed by atoms with Gasteiger partial charge in [-0.05, 0) is 57.8 Å². The Bertz CT molecular complexity index is 1180. The van der Waals surface area contributed by atoms with E-state index in [0.717, 1.165) is 70.6 Å². The predicted octanol–water partition coefficient (Wildman–Crippen LogP) is 9.01. The van der Waals surface area contributed by atoms with E-state index in [0.29, 0.717) is 6.42 Å². The van der Waals surface area contributed by atoms with Crippen LogP contribution in [0.1, 0.15) is 117 Å². The molecule has 2 atom stereocenters. The summed E-state index contributed by atoms with van der Waals surface area (Å²) in [5.74, 6) is -1.86. The molecule has 0 aromatic rings. The Morgan fingerprint density at radius 3 is 1.77 bits per heavy atom. The number of aliphatic carboxylic acids is 1. The summed E-state index contributed by atoms with van der Waals surface area (Å²) < 4.78 is 17.0. The highest BCUT2D eigenvalue weighted by Gasteiger charge is 2.25. The summed E-state index contributed by atoms with van der Waals surface area (Å²) in [5, 5.41) is 11.6. The van der Waals surface area contributed by atoms with Gasteiger partial charge in [-0.2, -0.15) is 0 Å². The molecule has 298 valence electrons. The number of carbonyl (C=O) groups is 3. The summed E-state index contributed by atoms with van der Waals surface area (Å²) in [6.07, 6.45) is 45.8. The van der Waals surface area contributed by atoms with E-state index in [1.165, 1.54) is 6.42 Å².